The van der Waals surface area contributed by atoms with E-state index in [4.69, 9.17) is 4.42 Å². The second kappa shape index (κ2) is 7.32. The highest BCUT2D eigenvalue weighted by Gasteiger charge is 2.16. The summed E-state index contributed by atoms with van der Waals surface area (Å²) in [5.41, 5.74) is 3.06. The number of anilines is 1. The number of para-hydroxylation sites is 1. The molecule has 0 radical (unpaired) electrons. The molecular weight excluding hydrogens is 372 g/mol. The van der Waals surface area contributed by atoms with Gasteiger partial charge >= 0.3 is 0 Å². The van der Waals surface area contributed by atoms with Gasteiger partial charge in [-0.05, 0) is 42.8 Å². The molecular formula is C22H18N2O3S. The van der Waals surface area contributed by atoms with Crippen LogP contribution >= 0.6 is 0 Å². The largest absolute Gasteiger partial charge is 0.436 e. The Bertz CT molecular complexity index is 1200. The van der Waals surface area contributed by atoms with E-state index < -0.39 is 10.0 Å². The fourth-order valence-corrected chi connectivity index (χ4v) is 3.94. The van der Waals surface area contributed by atoms with E-state index in [9.17, 15) is 8.42 Å². The van der Waals surface area contributed by atoms with Crippen LogP contribution in [0.4, 0.5) is 5.69 Å². The maximum absolute atomic E-state index is 12.6. The molecule has 4 rings (SSSR count). The van der Waals surface area contributed by atoms with Gasteiger partial charge in [-0.3, -0.25) is 4.72 Å². The molecule has 1 N–H and O–H groups in total. The monoisotopic (exact) mass is 390 g/mol. The molecule has 1 aromatic heterocycles. The van der Waals surface area contributed by atoms with Gasteiger partial charge in [0.2, 0.25) is 5.89 Å². The highest BCUT2D eigenvalue weighted by Crippen LogP contribution is 2.27. The molecule has 5 nitrogen and oxygen atoms in total. The number of aryl methyl sites for hydroxylation is 1. The third-order valence-corrected chi connectivity index (χ3v) is 5.75. The summed E-state index contributed by atoms with van der Waals surface area (Å²) in [6.07, 6.45) is 1.66. The predicted molar refractivity (Wildman–Crippen MR) is 109 cm³/mol. The quantitative estimate of drug-likeness (QED) is 0.513. The zero-order valence-electron chi connectivity index (χ0n) is 15.2. The number of hydrogen-bond donors (Lipinski definition) is 1. The molecule has 140 valence electrons. The van der Waals surface area contributed by atoms with Gasteiger partial charge in [-0.25, -0.2) is 13.4 Å². The van der Waals surface area contributed by atoms with Gasteiger partial charge in [-0.1, -0.05) is 48.5 Å². The molecule has 0 fully saturated rings. The van der Waals surface area contributed by atoms with Gasteiger partial charge < -0.3 is 4.42 Å². The molecule has 1 heterocycles. The molecule has 0 bridgehead atoms. The van der Waals surface area contributed by atoms with E-state index in [1.807, 2.05) is 49.4 Å². The molecule has 6 heteroatoms. The Morgan fingerprint density at radius 2 is 1.50 bits per heavy atom. The predicted octanol–water partition coefficient (Wildman–Crippen LogP) is 5.12. The molecule has 0 aliphatic carbocycles. The maximum Gasteiger partial charge on any atom is 0.261 e. The van der Waals surface area contributed by atoms with Crippen molar-refractivity contribution in [1.29, 1.82) is 0 Å². The number of rotatable bonds is 5. The van der Waals surface area contributed by atoms with Crippen LogP contribution in [0.5, 0.6) is 0 Å². The first-order valence-corrected chi connectivity index (χ1v) is 10.2. The van der Waals surface area contributed by atoms with Gasteiger partial charge in [-0.15, -0.1) is 0 Å². The van der Waals surface area contributed by atoms with Gasteiger partial charge in [0.25, 0.3) is 10.0 Å². The second-order valence-electron chi connectivity index (χ2n) is 6.34. The minimum absolute atomic E-state index is 0.175. The molecule has 0 saturated carbocycles. The van der Waals surface area contributed by atoms with Crippen LogP contribution < -0.4 is 4.72 Å². The van der Waals surface area contributed by atoms with E-state index in [1.54, 1.807) is 42.6 Å². The first kappa shape index (κ1) is 18.0. The van der Waals surface area contributed by atoms with Crippen molar-refractivity contribution in [1.82, 2.24) is 4.98 Å². The number of hydrogen-bond acceptors (Lipinski definition) is 4. The fourth-order valence-electron chi connectivity index (χ4n) is 2.81. The third-order valence-electron chi connectivity index (χ3n) is 4.36. The molecule has 0 atom stereocenters. The number of nitrogens with one attached hydrogen (secondary N) is 1. The van der Waals surface area contributed by atoms with Crippen LogP contribution in [0.3, 0.4) is 0 Å². The van der Waals surface area contributed by atoms with Crippen LogP contribution in [0.25, 0.3) is 22.8 Å². The maximum atomic E-state index is 12.6. The molecule has 0 amide bonds. The second-order valence-corrected chi connectivity index (χ2v) is 8.02. The molecule has 0 aliphatic rings. The lowest BCUT2D eigenvalue weighted by atomic mass is 10.2. The first-order valence-electron chi connectivity index (χ1n) is 8.73. The van der Waals surface area contributed by atoms with Gasteiger partial charge in [0.05, 0.1) is 16.8 Å². The number of benzene rings is 3. The number of oxazole rings is 1. The van der Waals surface area contributed by atoms with Gasteiger partial charge in [0, 0.05) is 11.1 Å². The first-order chi connectivity index (χ1) is 13.5. The highest BCUT2D eigenvalue weighted by molar-refractivity contribution is 7.92. The summed E-state index contributed by atoms with van der Waals surface area (Å²) in [6.45, 7) is 1.86. The lowest BCUT2D eigenvalue weighted by Gasteiger charge is -2.10. The van der Waals surface area contributed by atoms with Gasteiger partial charge in [0.1, 0.15) is 0 Å². The molecule has 4 aromatic rings. The topological polar surface area (TPSA) is 72.2 Å². The van der Waals surface area contributed by atoms with Crippen molar-refractivity contribution in [2.45, 2.75) is 11.8 Å². The summed E-state index contributed by atoms with van der Waals surface area (Å²) in [6, 6.07) is 23.4. The van der Waals surface area contributed by atoms with E-state index >= 15 is 0 Å². The molecule has 0 unspecified atom stereocenters. The van der Waals surface area contributed by atoms with Crippen LogP contribution in [0.1, 0.15) is 5.56 Å². The van der Waals surface area contributed by atoms with E-state index in [1.165, 1.54) is 0 Å². The smallest absolute Gasteiger partial charge is 0.261 e. The van der Waals surface area contributed by atoms with Crippen molar-refractivity contribution in [2.24, 2.45) is 0 Å². The van der Waals surface area contributed by atoms with E-state index in [0.717, 1.165) is 11.1 Å². The Balaban J connectivity index is 1.57. The fraction of sp³-hybridized carbons (Fsp3) is 0.0455. The Morgan fingerprint density at radius 3 is 2.21 bits per heavy atom. The summed E-state index contributed by atoms with van der Waals surface area (Å²) in [5.74, 6) is 1.10. The van der Waals surface area contributed by atoms with Gasteiger partial charge in [0.15, 0.2) is 5.76 Å². The lowest BCUT2D eigenvalue weighted by molar-refractivity contribution is 0.588. The van der Waals surface area contributed by atoms with Crippen molar-refractivity contribution >= 4 is 15.7 Å². The van der Waals surface area contributed by atoms with E-state index in [-0.39, 0.29) is 4.90 Å². The van der Waals surface area contributed by atoms with Crippen LogP contribution in [0, 0.1) is 6.92 Å². The summed E-state index contributed by atoms with van der Waals surface area (Å²) in [7, 11) is -3.67. The summed E-state index contributed by atoms with van der Waals surface area (Å²) >= 11 is 0. The van der Waals surface area contributed by atoms with Crippen molar-refractivity contribution in [2.75, 3.05) is 4.72 Å². The average molecular weight is 390 g/mol. The Hall–Kier alpha value is -3.38. The molecule has 0 saturated heterocycles. The average Bonchev–Trinajstić information content (AvgIpc) is 3.21. The normalized spacial score (nSPS) is 11.3. The SMILES string of the molecule is Cc1ccccc1NS(=O)(=O)c1ccc(-c2ncc(-c3ccccc3)o2)cc1. The molecule has 3 aromatic carbocycles. The van der Waals surface area contributed by atoms with Crippen LogP contribution in [-0.4, -0.2) is 13.4 Å². The Labute approximate surface area is 163 Å². The molecule has 28 heavy (non-hydrogen) atoms. The van der Waals surface area contributed by atoms with E-state index in [2.05, 4.69) is 9.71 Å². The van der Waals surface area contributed by atoms with Crippen molar-refractivity contribution in [3.8, 4) is 22.8 Å². The van der Waals surface area contributed by atoms with Crippen LogP contribution in [0.2, 0.25) is 0 Å². The minimum atomic E-state index is -3.67. The minimum Gasteiger partial charge on any atom is -0.436 e. The Morgan fingerprint density at radius 1 is 0.821 bits per heavy atom. The summed E-state index contributed by atoms with van der Waals surface area (Å²) in [5, 5.41) is 0. The Kier molecular flexibility index (Phi) is 4.71. The number of nitrogens with zero attached hydrogens (tertiary/aromatic N) is 1. The number of aromatic nitrogens is 1. The third kappa shape index (κ3) is 3.68. The summed E-state index contributed by atoms with van der Waals surface area (Å²) in [4.78, 5) is 4.48. The molecule has 0 aliphatic heterocycles. The van der Waals surface area contributed by atoms with Crippen molar-refractivity contribution in [3.05, 3.63) is 90.6 Å². The van der Waals surface area contributed by atoms with Crippen LogP contribution in [-0.2, 0) is 10.0 Å². The zero-order chi connectivity index (χ0) is 19.6. The summed E-state index contributed by atoms with van der Waals surface area (Å²) < 4.78 is 33.7. The molecule has 0 spiro atoms. The lowest BCUT2D eigenvalue weighted by Crippen LogP contribution is -2.13. The standard InChI is InChI=1S/C22H18N2O3S/c1-16-7-5-6-10-20(16)24-28(25,26)19-13-11-18(12-14-19)22-23-15-21(27-22)17-8-3-2-4-9-17/h2-15,24H,1H3. The highest BCUT2D eigenvalue weighted by atomic mass is 32.2. The van der Waals surface area contributed by atoms with Crippen LogP contribution in [0.15, 0.2) is 94.4 Å². The van der Waals surface area contributed by atoms with Crippen molar-refractivity contribution < 1.29 is 12.8 Å². The zero-order valence-corrected chi connectivity index (χ0v) is 16.0. The number of sulfonamides is 1. The van der Waals surface area contributed by atoms with Gasteiger partial charge in [-0.2, -0.15) is 0 Å². The van der Waals surface area contributed by atoms with E-state index in [0.29, 0.717) is 22.9 Å². The van der Waals surface area contributed by atoms with Crippen molar-refractivity contribution in [3.63, 3.8) is 0 Å².